The third-order valence-corrected chi connectivity index (χ3v) is 6.36. The number of benzene rings is 2. The number of halogens is 1. The van der Waals surface area contributed by atoms with Gasteiger partial charge in [0, 0.05) is 28.9 Å². The number of carbonyl (C=O) groups is 4. The minimum atomic E-state index is -0.680. The van der Waals surface area contributed by atoms with Crippen LogP contribution in [0.2, 0.25) is 0 Å². The first-order chi connectivity index (χ1) is 15.9. The number of hydrogen-bond acceptors (Lipinski definition) is 8. The standard InChI is InChI=1S/C23H16BrN3O5S/c24-16-6-2-14(3-7-16)18(28)13-32-22(31)15-4-8-17(9-5-15)27-20(29)12-19(21(27)30)33-23-25-10-1-11-26-23/h1-11,19H,12-13H2. The smallest absolute Gasteiger partial charge is 0.338 e. The lowest BCUT2D eigenvalue weighted by Crippen LogP contribution is -2.31. The number of carbonyl (C=O) groups excluding carboxylic acids is 4. The van der Waals surface area contributed by atoms with Crippen molar-refractivity contribution in [1.82, 2.24) is 9.97 Å². The Balaban J connectivity index is 1.37. The molecule has 1 fully saturated rings. The molecule has 1 aromatic heterocycles. The molecule has 1 saturated heterocycles. The Kier molecular flexibility index (Phi) is 6.95. The Hall–Kier alpha value is -3.37. The van der Waals surface area contributed by atoms with E-state index in [2.05, 4.69) is 25.9 Å². The van der Waals surface area contributed by atoms with Crippen LogP contribution < -0.4 is 4.90 Å². The summed E-state index contributed by atoms with van der Waals surface area (Å²) in [6, 6.07) is 14.3. The highest BCUT2D eigenvalue weighted by atomic mass is 79.9. The van der Waals surface area contributed by atoms with Crippen LogP contribution in [0, 0.1) is 0 Å². The second kappa shape index (κ2) is 10.1. The summed E-state index contributed by atoms with van der Waals surface area (Å²) in [5.74, 6) is -1.72. The zero-order valence-corrected chi connectivity index (χ0v) is 19.4. The van der Waals surface area contributed by atoms with Crippen LogP contribution in [-0.4, -0.2) is 45.4 Å². The molecule has 2 heterocycles. The highest BCUT2D eigenvalue weighted by Crippen LogP contribution is 2.32. The van der Waals surface area contributed by atoms with Crippen LogP contribution in [0.15, 0.2) is 76.6 Å². The zero-order chi connectivity index (χ0) is 23.4. The van der Waals surface area contributed by atoms with Crippen LogP contribution in [0.3, 0.4) is 0 Å². The first-order valence-electron chi connectivity index (χ1n) is 9.79. The molecular weight excluding hydrogens is 510 g/mol. The Morgan fingerprint density at radius 3 is 2.30 bits per heavy atom. The average Bonchev–Trinajstić information content (AvgIpc) is 3.11. The minimum Gasteiger partial charge on any atom is -0.454 e. The Morgan fingerprint density at radius 2 is 1.64 bits per heavy atom. The van der Waals surface area contributed by atoms with Gasteiger partial charge in [0.05, 0.1) is 11.3 Å². The van der Waals surface area contributed by atoms with Crippen LogP contribution in [0.1, 0.15) is 27.1 Å². The predicted octanol–water partition coefficient (Wildman–Crippen LogP) is 3.70. The van der Waals surface area contributed by atoms with Gasteiger partial charge in [0.15, 0.2) is 17.5 Å². The lowest BCUT2D eigenvalue weighted by atomic mass is 10.1. The highest BCUT2D eigenvalue weighted by Gasteiger charge is 2.40. The second-order valence-electron chi connectivity index (χ2n) is 6.96. The maximum absolute atomic E-state index is 12.8. The van der Waals surface area contributed by atoms with Crippen molar-refractivity contribution in [3.8, 4) is 0 Å². The predicted molar refractivity (Wildman–Crippen MR) is 124 cm³/mol. The van der Waals surface area contributed by atoms with E-state index in [9.17, 15) is 19.2 Å². The fraction of sp³-hybridized carbons (Fsp3) is 0.130. The van der Waals surface area contributed by atoms with Crippen molar-refractivity contribution < 1.29 is 23.9 Å². The van der Waals surface area contributed by atoms with Gasteiger partial charge in [0.2, 0.25) is 11.8 Å². The molecule has 2 aromatic carbocycles. The lowest BCUT2D eigenvalue weighted by molar-refractivity contribution is -0.121. The van der Waals surface area contributed by atoms with Gasteiger partial charge < -0.3 is 4.74 Å². The lowest BCUT2D eigenvalue weighted by Gasteiger charge is -2.15. The van der Waals surface area contributed by atoms with Crippen LogP contribution in [-0.2, 0) is 14.3 Å². The number of amides is 2. The Labute approximate surface area is 201 Å². The van der Waals surface area contributed by atoms with Crippen molar-refractivity contribution in [2.45, 2.75) is 16.8 Å². The molecule has 166 valence electrons. The van der Waals surface area contributed by atoms with Gasteiger partial charge >= 0.3 is 5.97 Å². The summed E-state index contributed by atoms with van der Waals surface area (Å²) in [5.41, 5.74) is 0.982. The number of imide groups is 1. The molecule has 0 saturated carbocycles. The molecule has 1 aliphatic heterocycles. The average molecular weight is 526 g/mol. The molecule has 2 amide bonds. The van der Waals surface area contributed by atoms with E-state index in [1.165, 1.54) is 24.3 Å². The van der Waals surface area contributed by atoms with E-state index in [0.29, 0.717) is 16.4 Å². The van der Waals surface area contributed by atoms with Crippen LogP contribution in [0.4, 0.5) is 5.69 Å². The van der Waals surface area contributed by atoms with E-state index in [4.69, 9.17) is 4.74 Å². The molecule has 3 aromatic rings. The molecule has 10 heteroatoms. The number of hydrogen-bond donors (Lipinski definition) is 0. The van der Waals surface area contributed by atoms with Crippen molar-refractivity contribution in [3.05, 3.63) is 82.6 Å². The number of ketones is 1. The van der Waals surface area contributed by atoms with Gasteiger partial charge in [-0.05, 0) is 42.5 Å². The van der Waals surface area contributed by atoms with Gasteiger partial charge in [0.1, 0.15) is 5.25 Å². The third-order valence-electron chi connectivity index (χ3n) is 4.76. The summed E-state index contributed by atoms with van der Waals surface area (Å²) in [6.07, 6.45) is 3.17. The van der Waals surface area contributed by atoms with Crippen molar-refractivity contribution in [2.75, 3.05) is 11.5 Å². The molecule has 0 radical (unpaired) electrons. The summed E-state index contributed by atoms with van der Waals surface area (Å²) < 4.78 is 5.94. The quantitative estimate of drug-likeness (QED) is 0.199. The molecule has 0 spiro atoms. The zero-order valence-electron chi connectivity index (χ0n) is 17.0. The molecular formula is C23H16BrN3O5S. The number of ether oxygens (including phenoxy) is 1. The Morgan fingerprint density at radius 1 is 1.00 bits per heavy atom. The topological polar surface area (TPSA) is 107 Å². The van der Waals surface area contributed by atoms with Crippen LogP contribution in [0.5, 0.6) is 0 Å². The maximum atomic E-state index is 12.8. The van der Waals surface area contributed by atoms with E-state index in [0.717, 1.165) is 21.1 Å². The fourth-order valence-corrected chi connectivity index (χ4v) is 4.32. The summed E-state index contributed by atoms with van der Waals surface area (Å²) in [4.78, 5) is 58.9. The second-order valence-corrected chi connectivity index (χ2v) is 9.05. The van der Waals surface area contributed by atoms with E-state index < -0.39 is 17.8 Å². The summed E-state index contributed by atoms with van der Waals surface area (Å²) >= 11 is 4.43. The minimum absolute atomic E-state index is 0.0315. The number of thioether (sulfide) groups is 1. The van der Waals surface area contributed by atoms with E-state index >= 15 is 0 Å². The number of aromatic nitrogens is 2. The number of rotatable bonds is 7. The molecule has 1 atom stereocenters. The molecule has 0 aliphatic carbocycles. The van der Waals surface area contributed by atoms with Gasteiger partial charge in [-0.25, -0.2) is 19.7 Å². The summed E-state index contributed by atoms with van der Waals surface area (Å²) in [7, 11) is 0. The first-order valence-corrected chi connectivity index (χ1v) is 11.5. The maximum Gasteiger partial charge on any atom is 0.338 e. The van der Waals surface area contributed by atoms with E-state index in [1.54, 1.807) is 42.7 Å². The monoisotopic (exact) mass is 525 g/mol. The summed E-state index contributed by atoms with van der Waals surface area (Å²) in [6.45, 7) is -0.397. The number of Topliss-reactive ketones (excluding diaryl/α,β-unsaturated/α-hetero) is 1. The molecule has 0 N–H and O–H groups in total. The Bertz CT molecular complexity index is 1200. The fourth-order valence-electron chi connectivity index (χ4n) is 3.12. The van der Waals surface area contributed by atoms with Crippen LogP contribution >= 0.6 is 27.7 Å². The molecule has 0 bridgehead atoms. The van der Waals surface area contributed by atoms with Crippen LogP contribution in [0.25, 0.3) is 0 Å². The van der Waals surface area contributed by atoms with E-state index in [1.807, 2.05) is 0 Å². The molecule has 1 unspecified atom stereocenters. The van der Waals surface area contributed by atoms with E-state index in [-0.39, 0.29) is 29.6 Å². The van der Waals surface area contributed by atoms with Gasteiger partial charge in [-0.15, -0.1) is 0 Å². The summed E-state index contributed by atoms with van der Waals surface area (Å²) in [5, 5.41) is -0.199. The molecule has 33 heavy (non-hydrogen) atoms. The molecule has 8 nitrogen and oxygen atoms in total. The molecule has 1 aliphatic rings. The number of esters is 1. The highest BCUT2D eigenvalue weighted by molar-refractivity contribution is 9.10. The van der Waals surface area contributed by atoms with Gasteiger partial charge in [-0.1, -0.05) is 39.8 Å². The van der Waals surface area contributed by atoms with Crippen molar-refractivity contribution in [3.63, 3.8) is 0 Å². The van der Waals surface area contributed by atoms with Gasteiger partial charge in [0.25, 0.3) is 0 Å². The molecule has 4 rings (SSSR count). The number of anilines is 1. The first kappa shape index (κ1) is 22.8. The van der Waals surface area contributed by atoms with Crippen molar-refractivity contribution >= 4 is 56.9 Å². The number of nitrogens with zero attached hydrogens (tertiary/aromatic N) is 3. The van der Waals surface area contributed by atoms with Crippen molar-refractivity contribution in [1.29, 1.82) is 0 Å². The van der Waals surface area contributed by atoms with Gasteiger partial charge in [-0.2, -0.15) is 0 Å². The SMILES string of the molecule is O=C(COC(=O)c1ccc(N2C(=O)CC(Sc3ncccn3)C2=O)cc1)c1ccc(Br)cc1. The normalized spacial score (nSPS) is 15.5. The van der Waals surface area contributed by atoms with Gasteiger partial charge in [-0.3, -0.25) is 14.4 Å². The largest absolute Gasteiger partial charge is 0.454 e. The van der Waals surface area contributed by atoms with Crippen molar-refractivity contribution in [2.24, 2.45) is 0 Å². The third kappa shape index (κ3) is 5.35.